The molecule has 1 aromatic heterocycles. The van der Waals surface area contributed by atoms with Crippen molar-refractivity contribution in [3.63, 3.8) is 0 Å². The van der Waals surface area contributed by atoms with E-state index in [9.17, 15) is 4.79 Å². The lowest BCUT2D eigenvalue weighted by Gasteiger charge is -2.49. The Morgan fingerprint density at radius 1 is 1.33 bits per heavy atom. The largest absolute Gasteiger partial charge is 0.383 e. The third kappa shape index (κ3) is 4.04. The molecule has 0 radical (unpaired) electrons. The Labute approximate surface area is 159 Å². The molecule has 1 unspecified atom stereocenters. The molecule has 4 heterocycles. The quantitative estimate of drug-likeness (QED) is 0.748. The Morgan fingerprint density at radius 3 is 2.93 bits per heavy atom. The molecule has 1 aromatic carbocycles. The molecule has 4 atom stereocenters. The van der Waals surface area contributed by atoms with Crippen LogP contribution in [0, 0.1) is 11.8 Å². The van der Waals surface area contributed by atoms with E-state index in [0.29, 0.717) is 25.1 Å². The van der Waals surface area contributed by atoms with Crippen LogP contribution >= 0.6 is 0 Å². The molecular formula is C20H27N5O2. The summed E-state index contributed by atoms with van der Waals surface area (Å²) < 4.78 is 6.96. The van der Waals surface area contributed by atoms with Crippen LogP contribution in [0.25, 0.3) is 11.3 Å². The van der Waals surface area contributed by atoms with E-state index in [0.717, 1.165) is 43.7 Å². The Morgan fingerprint density at radius 2 is 2.19 bits per heavy atom. The monoisotopic (exact) mass is 369 g/mol. The highest BCUT2D eigenvalue weighted by molar-refractivity contribution is 5.79. The number of rotatable bonds is 7. The predicted octanol–water partition coefficient (Wildman–Crippen LogP) is 1.42. The highest BCUT2D eigenvalue weighted by atomic mass is 16.5. The maximum absolute atomic E-state index is 12.5. The molecule has 1 amide bonds. The number of hydrogen-bond acceptors (Lipinski definition) is 5. The van der Waals surface area contributed by atoms with Gasteiger partial charge in [-0.25, -0.2) is 0 Å². The molecule has 2 bridgehead atoms. The minimum atomic E-state index is 0.0995. The second-order valence-corrected chi connectivity index (χ2v) is 7.52. The molecule has 27 heavy (non-hydrogen) atoms. The number of hydrogen-bond donors (Lipinski definition) is 1. The first-order valence-electron chi connectivity index (χ1n) is 9.71. The van der Waals surface area contributed by atoms with Crippen LogP contribution in [0.5, 0.6) is 0 Å². The SMILES string of the molecule is COCCNC(=O)[C@H]1CN2CC[C@H]1C[C@@H]2Cn1cc(-c2ccccc2)nn1. The molecule has 0 aliphatic carbocycles. The Balaban J connectivity index is 1.36. The van der Waals surface area contributed by atoms with E-state index < -0.39 is 0 Å². The molecule has 3 saturated heterocycles. The summed E-state index contributed by atoms with van der Waals surface area (Å²) in [6.07, 6.45) is 4.17. The summed E-state index contributed by atoms with van der Waals surface area (Å²) in [6.45, 7) is 3.88. The fourth-order valence-electron chi connectivity index (χ4n) is 4.38. The van der Waals surface area contributed by atoms with Gasteiger partial charge in [0.1, 0.15) is 5.69 Å². The number of carbonyl (C=O) groups is 1. The third-order valence-corrected chi connectivity index (χ3v) is 5.83. The summed E-state index contributed by atoms with van der Waals surface area (Å²) >= 11 is 0. The van der Waals surface area contributed by atoms with Crippen LogP contribution in [-0.2, 0) is 16.1 Å². The molecule has 2 aromatic rings. The van der Waals surface area contributed by atoms with E-state index in [1.165, 1.54) is 0 Å². The standard InChI is InChI=1S/C20H27N5O2/c1-27-10-8-21-20(26)18-13-24-9-7-16(18)11-17(24)12-25-14-19(22-23-25)15-5-3-2-4-6-15/h2-6,14,16-18H,7-13H2,1H3,(H,21,26)/t16-,17+,18-/m0/s1. The van der Waals surface area contributed by atoms with E-state index in [1.54, 1.807) is 7.11 Å². The summed E-state index contributed by atoms with van der Waals surface area (Å²) in [6, 6.07) is 10.6. The van der Waals surface area contributed by atoms with E-state index in [1.807, 2.05) is 41.2 Å². The molecule has 5 rings (SSSR count). The van der Waals surface area contributed by atoms with E-state index in [4.69, 9.17) is 4.74 Å². The zero-order valence-corrected chi connectivity index (χ0v) is 15.8. The predicted molar refractivity (Wildman–Crippen MR) is 102 cm³/mol. The normalized spacial score (nSPS) is 26.9. The van der Waals surface area contributed by atoms with E-state index in [2.05, 4.69) is 20.5 Å². The summed E-state index contributed by atoms with van der Waals surface area (Å²) in [5.41, 5.74) is 1.99. The molecule has 144 valence electrons. The minimum Gasteiger partial charge on any atom is -0.383 e. The van der Waals surface area contributed by atoms with Gasteiger partial charge in [-0.2, -0.15) is 0 Å². The van der Waals surface area contributed by atoms with Crippen molar-refractivity contribution in [2.75, 3.05) is 33.4 Å². The fourth-order valence-corrected chi connectivity index (χ4v) is 4.38. The van der Waals surface area contributed by atoms with E-state index >= 15 is 0 Å². The third-order valence-electron chi connectivity index (χ3n) is 5.83. The van der Waals surface area contributed by atoms with Gasteiger partial charge in [-0.3, -0.25) is 14.4 Å². The smallest absolute Gasteiger partial charge is 0.224 e. The maximum Gasteiger partial charge on any atom is 0.224 e. The van der Waals surface area contributed by atoms with Gasteiger partial charge in [-0.15, -0.1) is 5.10 Å². The van der Waals surface area contributed by atoms with Gasteiger partial charge >= 0.3 is 0 Å². The number of nitrogens with zero attached hydrogens (tertiary/aromatic N) is 4. The Bertz CT molecular complexity index is 763. The van der Waals surface area contributed by atoms with Crippen molar-refractivity contribution in [3.8, 4) is 11.3 Å². The van der Waals surface area contributed by atoms with E-state index in [-0.39, 0.29) is 11.8 Å². The lowest BCUT2D eigenvalue weighted by molar-refractivity contribution is -0.133. The van der Waals surface area contributed by atoms with Gasteiger partial charge < -0.3 is 10.1 Å². The van der Waals surface area contributed by atoms with Gasteiger partial charge in [0.25, 0.3) is 0 Å². The zero-order valence-electron chi connectivity index (χ0n) is 15.8. The number of fused-ring (bicyclic) bond motifs is 3. The molecule has 1 N–H and O–H groups in total. The second kappa shape index (κ2) is 8.19. The molecule has 3 aliphatic rings. The summed E-state index contributed by atoms with van der Waals surface area (Å²) in [5.74, 6) is 0.731. The Kier molecular flexibility index (Phi) is 5.50. The van der Waals surface area contributed by atoms with Gasteiger partial charge in [0.15, 0.2) is 0 Å². The molecule has 0 spiro atoms. The van der Waals surface area contributed by atoms with Crippen molar-refractivity contribution in [2.45, 2.75) is 25.4 Å². The van der Waals surface area contributed by atoms with Crippen molar-refractivity contribution in [1.29, 1.82) is 0 Å². The van der Waals surface area contributed by atoms with Crippen LogP contribution in [0.2, 0.25) is 0 Å². The fraction of sp³-hybridized carbons (Fsp3) is 0.550. The molecule has 3 fully saturated rings. The molecular weight excluding hydrogens is 342 g/mol. The van der Waals surface area contributed by atoms with Crippen LogP contribution in [-0.4, -0.2) is 65.2 Å². The topological polar surface area (TPSA) is 72.3 Å². The maximum atomic E-state index is 12.5. The van der Waals surface area contributed by atoms with Gasteiger partial charge in [0.05, 0.1) is 25.3 Å². The Hall–Kier alpha value is -2.25. The molecule has 7 heteroatoms. The number of piperidine rings is 3. The van der Waals surface area contributed by atoms with Crippen LogP contribution in [0.3, 0.4) is 0 Å². The van der Waals surface area contributed by atoms with Crippen molar-refractivity contribution in [1.82, 2.24) is 25.2 Å². The highest BCUT2D eigenvalue weighted by Crippen LogP contribution is 2.37. The van der Waals surface area contributed by atoms with Gasteiger partial charge in [-0.05, 0) is 25.3 Å². The van der Waals surface area contributed by atoms with Gasteiger partial charge in [0, 0.05) is 31.8 Å². The average Bonchev–Trinajstić information content (AvgIpc) is 3.18. The van der Waals surface area contributed by atoms with Crippen LogP contribution in [0.4, 0.5) is 0 Å². The number of methoxy groups -OCH3 is 1. The number of benzene rings is 1. The first kappa shape index (κ1) is 18.1. The number of amides is 1. The van der Waals surface area contributed by atoms with Crippen LogP contribution in [0.1, 0.15) is 12.8 Å². The lowest BCUT2D eigenvalue weighted by Crippen LogP contribution is -2.58. The van der Waals surface area contributed by atoms with Crippen molar-refractivity contribution >= 4 is 5.91 Å². The van der Waals surface area contributed by atoms with Crippen LogP contribution in [0.15, 0.2) is 36.5 Å². The second-order valence-electron chi connectivity index (χ2n) is 7.52. The first-order valence-corrected chi connectivity index (χ1v) is 9.71. The number of aromatic nitrogens is 3. The summed E-state index contributed by atoms with van der Waals surface area (Å²) in [5, 5.41) is 11.6. The first-order chi connectivity index (χ1) is 13.2. The minimum absolute atomic E-state index is 0.0995. The van der Waals surface area contributed by atoms with Crippen LogP contribution < -0.4 is 5.32 Å². The van der Waals surface area contributed by atoms with Crippen molar-refractivity contribution < 1.29 is 9.53 Å². The zero-order chi connectivity index (χ0) is 18.6. The van der Waals surface area contributed by atoms with Crippen molar-refractivity contribution in [2.24, 2.45) is 11.8 Å². The van der Waals surface area contributed by atoms with Gasteiger partial charge in [-0.1, -0.05) is 35.5 Å². The molecule has 3 aliphatic heterocycles. The van der Waals surface area contributed by atoms with Crippen molar-refractivity contribution in [3.05, 3.63) is 36.5 Å². The average molecular weight is 369 g/mol. The highest BCUT2D eigenvalue weighted by Gasteiger charge is 2.43. The summed E-state index contributed by atoms with van der Waals surface area (Å²) in [7, 11) is 1.65. The van der Waals surface area contributed by atoms with Gasteiger partial charge in [0.2, 0.25) is 5.91 Å². The number of carbonyl (C=O) groups excluding carboxylic acids is 1. The lowest BCUT2D eigenvalue weighted by atomic mass is 9.75. The molecule has 7 nitrogen and oxygen atoms in total. The summed E-state index contributed by atoms with van der Waals surface area (Å²) in [4.78, 5) is 14.9. The number of ether oxygens (including phenoxy) is 1. The number of nitrogens with one attached hydrogen (secondary N) is 1. The molecule has 0 saturated carbocycles.